The normalized spacial score (nSPS) is 26.2. The molecule has 2 aliphatic rings. The molecule has 1 aromatic rings. The van der Waals surface area contributed by atoms with Gasteiger partial charge >= 0.3 is 0 Å². The first-order chi connectivity index (χ1) is 11.3. The average Bonchev–Trinajstić information content (AvgIpc) is 2.75. The fraction of sp³-hybridized carbons (Fsp3) is 0.526. The Bertz CT molecular complexity index is 713. The Hall–Kier alpha value is -1.88. The Morgan fingerprint density at radius 2 is 2.17 bits per heavy atom. The molecule has 5 heteroatoms. The zero-order valence-electron chi connectivity index (χ0n) is 15.3. The summed E-state index contributed by atoms with van der Waals surface area (Å²) in [4.78, 5) is 8.63. The largest absolute Gasteiger partial charge is 0.497 e. The summed E-state index contributed by atoms with van der Waals surface area (Å²) >= 11 is 0. The molecule has 0 radical (unpaired) electrons. The predicted molar refractivity (Wildman–Crippen MR) is 94.8 cm³/mol. The molecule has 1 aliphatic carbocycles. The van der Waals surface area contributed by atoms with E-state index in [-0.39, 0.29) is 17.5 Å². The number of ether oxygens (including phenoxy) is 1. The number of hydrogen-bond donors (Lipinski definition) is 0. The molecule has 0 spiro atoms. The van der Waals surface area contributed by atoms with Gasteiger partial charge in [0.15, 0.2) is 0 Å². The molecule has 4 nitrogen and oxygen atoms in total. The maximum Gasteiger partial charge on any atom is 0.213 e. The van der Waals surface area contributed by atoms with E-state index in [1.807, 2.05) is 13.0 Å². The lowest BCUT2D eigenvalue weighted by Gasteiger charge is -2.39. The third kappa shape index (κ3) is 2.51. The maximum absolute atomic E-state index is 14.0. The lowest BCUT2D eigenvalue weighted by atomic mass is 9.76. The van der Waals surface area contributed by atoms with E-state index in [1.165, 1.54) is 0 Å². The number of fused-ring (bicyclic) bond motifs is 3. The average molecular weight is 331 g/mol. The Balaban J connectivity index is 2.18. The summed E-state index contributed by atoms with van der Waals surface area (Å²) in [7, 11) is 5.82. The van der Waals surface area contributed by atoms with E-state index in [1.54, 1.807) is 13.2 Å². The number of aryl methyl sites for hydroxylation is 1. The van der Waals surface area contributed by atoms with Crippen LogP contribution in [0.3, 0.4) is 0 Å². The van der Waals surface area contributed by atoms with E-state index in [2.05, 4.69) is 54.9 Å². The molecule has 0 saturated carbocycles. The van der Waals surface area contributed by atoms with Crippen LogP contribution < -0.4 is 4.90 Å². The van der Waals surface area contributed by atoms with Crippen molar-refractivity contribution in [2.45, 2.75) is 38.3 Å². The van der Waals surface area contributed by atoms with Gasteiger partial charge in [0.25, 0.3) is 0 Å². The van der Waals surface area contributed by atoms with Crippen molar-refractivity contribution in [2.24, 2.45) is 0 Å². The van der Waals surface area contributed by atoms with Gasteiger partial charge in [-0.2, -0.15) is 4.39 Å². The molecule has 0 saturated heterocycles. The summed E-state index contributed by atoms with van der Waals surface area (Å²) in [6, 6.07) is 1.94. The first-order valence-corrected chi connectivity index (χ1v) is 8.33. The lowest BCUT2D eigenvalue weighted by Crippen LogP contribution is -2.49. The third-order valence-electron chi connectivity index (χ3n) is 5.14. The molecule has 3 rings (SSSR count). The van der Waals surface area contributed by atoms with Crippen molar-refractivity contribution in [1.29, 1.82) is 0 Å². The van der Waals surface area contributed by atoms with Gasteiger partial charge in [0.05, 0.1) is 24.5 Å². The molecule has 1 aromatic heterocycles. The van der Waals surface area contributed by atoms with E-state index < -0.39 is 5.95 Å². The van der Waals surface area contributed by atoms with Crippen molar-refractivity contribution < 1.29 is 9.13 Å². The number of nitrogens with zero attached hydrogens (tertiary/aromatic N) is 3. The molecule has 0 bridgehead atoms. The van der Waals surface area contributed by atoms with E-state index in [4.69, 9.17) is 4.74 Å². The Kier molecular flexibility index (Phi) is 4.16. The lowest BCUT2D eigenvalue weighted by molar-refractivity contribution is 0.294. The smallest absolute Gasteiger partial charge is 0.213 e. The topological polar surface area (TPSA) is 28.6 Å². The summed E-state index contributed by atoms with van der Waals surface area (Å²) < 4.78 is 19.5. The van der Waals surface area contributed by atoms with Gasteiger partial charge < -0.3 is 14.5 Å². The number of rotatable bonds is 4. The van der Waals surface area contributed by atoms with Gasteiger partial charge in [-0.1, -0.05) is 6.08 Å². The van der Waals surface area contributed by atoms with Crippen LogP contribution in [0.1, 0.15) is 25.1 Å². The highest BCUT2D eigenvalue weighted by atomic mass is 19.1. The minimum atomic E-state index is -0.414. The molecule has 0 amide bonds. The highest BCUT2D eigenvalue weighted by Crippen LogP contribution is 2.50. The van der Waals surface area contributed by atoms with Crippen LogP contribution in [0.2, 0.25) is 0 Å². The number of halogens is 1. The zero-order valence-corrected chi connectivity index (χ0v) is 15.3. The van der Waals surface area contributed by atoms with Crippen LogP contribution in [0.25, 0.3) is 0 Å². The number of hydrogen-bond acceptors (Lipinski definition) is 4. The molecule has 0 N–H and O–H groups in total. The van der Waals surface area contributed by atoms with Gasteiger partial charge in [0.2, 0.25) is 5.95 Å². The second-order valence-corrected chi connectivity index (χ2v) is 7.28. The van der Waals surface area contributed by atoms with Crippen molar-refractivity contribution in [2.75, 3.05) is 32.6 Å². The molecule has 3 unspecified atom stereocenters. The fourth-order valence-electron chi connectivity index (χ4n) is 4.11. The molecule has 0 aromatic carbocycles. The molecule has 130 valence electrons. The second kappa shape index (κ2) is 5.88. The molecule has 24 heavy (non-hydrogen) atoms. The fourth-order valence-corrected chi connectivity index (χ4v) is 4.11. The quantitative estimate of drug-likeness (QED) is 0.793. The van der Waals surface area contributed by atoms with Gasteiger partial charge in [0, 0.05) is 18.0 Å². The van der Waals surface area contributed by atoms with E-state index in [9.17, 15) is 4.39 Å². The van der Waals surface area contributed by atoms with Gasteiger partial charge in [-0.05, 0) is 58.6 Å². The number of likely N-dealkylation sites (N-methyl/N-ethyl adjacent to an activating group) is 1. The van der Waals surface area contributed by atoms with Crippen molar-refractivity contribution in [3.63, 3.8) is 0 Å². The molecule has 2 heterocycles. The number of allylic oxidation sites excluding steroid dienone is 1. The first kappa shape index (κ1) is 17.0. The molecular weight excluding hydrogens is 305 g/mol. The number of methoxy groups -OCH3 is 1. The van der Waals surface area contributed by atoms with Crippen LogP contribution in [-0.4, -0.2) is 49.7 Å². The van der Waals surface area contributed by atoms with E-state index in [0.29, 0.717) is 0 Å². The van der Waals surface area contributed by atoms with Crippen molar-refractivity contribution in [3.05, 3.63) is 47.3 Å². The highest BCUT2D eigenvalue weighted by Gasteiger charge is 2.49. The van der Waals surface area contributed by atoms with Gasteiger partial charge in [-0.15, -0.1) is 0 Å². The number of anilines is 1. The Morgan fingerprint density at radius 1 is 1.46 bits per heavy atom. The summed E-state index contributed by atoms with van der Waals surface area (Å²) in [5.74, 6) is 0.432. The summed E-state index contributed by atoms with van der Waals surface area (Å²) in [5.41, 5.74) is 2.51. The minimum Gasteiger partial charge on any atom is -0.497 e. The van der Waals surface area contributed by atoms with Gasteiger partial charge in [0.1, 0.15) is 5.76 Å². The Labute approximate surface area is 143 Å². The molecule has 3 atom stereocenters. The van der Waals surface area contributed by atoms with Crippen LogP contribution >= 0.6 is 0 Å². The molecule has 0 fully saturated rings. The summed E-state index contributed by atoms with van der Waals surface area (Å²) in [6.07, 6.45) is 6.26. The molecule has 1 aliphatic heterocycles. The minimum absolute atomic E-state index is 0.0877. The second-order valence-electron chi connectivity index (χ2n) is 7.28. The van der Waals surface area contributed by atoms with Gasteiger partial charge in [-0.3, -0.25) is 0 Å². The zero-order chi connectivity index (χ0) is 17.6. The van der Waals surface area contributed by atoms with Gasteiger partial charge in [-0.25, -0.2) is 4.98 Å². The monoisotopic (exact) mass is 331 g/mol. The number of pyridine rings is 1. The standard InChI is InChI=1S/C19H26FN3O/c1-12(11-22(4)5)23-16-9-14(24-6)7-8-19(16,3)15-10-17(20)21-13(2)18(15)23/h7-10,12,16H,11H2,1-6H3. The predicted octanol–water partition coefficient (Wildman–Crippen LogP) is 3.03. The maximum atomic E-state index is 14.0. The van der Waals surface area contributed by atoms with E-state index >= 15 is 0 Å². The van der Waals surface area contributed by atoms with Crippen molar-refractivity contribution in [3.8, 4) is 0 Å². The van der Waals surface area contributed by atoms with Crippen LogP contribution in [-0.2, 0) is 10.2 Å². The van der Waals surface area contributed by atoms with Crippen LogP contribution in [0, 0.1) is 12.9 Å². The van der Waals surface area contributed by atoms with E-state index in [0.717, 1.165) is 29.2 Å². The third-order valence-corrected chi connectivity index (χ3v) is 5.14. The number of aromatic nitrogens is 1. The van der Waals surface area contributed by atoms with Crippen LogP contribution in [0.5, 0.6) is 0 Å². The van der Waals surface area contributed by atoms with Crippen molar-refractivity contribution in [1.82, 2.24) is 9.88 Å². The van der Waals surface area contributed by atoms with Crippen LogP contribution in [0.4, 0.5) is 10.1 Å². The molecular formula is C19H26FN3O. The first-order valence-electron chi connectivity index (χ1n) is 8.33. The van der Waals surface area contributed by atoms with Crippen molar-refractivity contribution >= 4 is 5.69 Å². The SMILES string of the molecule is COC1=CC2N(C(C)CN(C)C)c3c(cc(F)nc3C)C2(C)C=C1. The van der Waals surface area contributed by atoms with Crippen LogP contribution in [0.15, 0.2) is 30.1 Å². The summed E-state index contributed by atoms with van der Waals surface area (Å²) in [5, 5.41) is 0. The Morgan fingerprint density at radius 3 is 2.79 bits per heavy atom. The highest BCUT2D eigenvalue weighted by molar-refractivity contribution is 5.71. The summed E-state index contributed by atoms with van der Waals surface area (Å²) in [6.45, 7) is 7.17.